The van der Waals surface area contributed by atoms with E-state index in [1.54, 1.807) is 6.07 Å². The van der Waals surface area contributed by atoms with Crippen LogP contribution in [-0.4, -0.2) is 35.2 Å². The molecule has 2 aliphatic rings. The Morgan fingerprint density at radius 1 is 1.17 bits per heavy atom. The van der Waals surface area contributed by atoms with E-state index in [2.05, 4.69) is 4.98 Å². The van der Waals surface area contributed by atoms with Gasteiger partial charge in [-0.05, 0) is 61.6 Å². The Balaban J connectivity index is 1.45. The highest BCUT2D eigenvalue weighted by molar-refractivity contribution is 5.95. The molecular weight excluding hydrogens is 304 g/mol. The molecule has 2 aliphatic heterocycles. The van der Waals surface area contributed by atoms with Gasteiger partial charge in [0.15, 0.2) is 11.5 Å². The average molecular weight is 324 g/mol. The SMILES string of the molecule is O=C(c1ccc2c(c1)OCO2)N1CCC[C@H]1CCc1ccncc1. The minimum Gasteiger partial charge on any atom is -0.454 e. The van der Waals surface area contributed by atoms with E-state index < -0.39 is 0 Å². The number of benzene rings is 1. The predicted octanol–water partition coefficient (Wildman–Crippen LogP) is 3.05. The third kappa shape index (κ3) is 2.94. The molecule has 5 nitrogen and oxygen atoms in total. The van der Waals surface area contributed by atoms with Crippen LogP contribution in [0, 0.1) is 0 Å². The zero-order chi connectivity index (χ0) is 16.4. The first-order chi connectivity index (χ1) is 11.8. The van der Waals surface area contributed by atoms with Crippen LogP contribution in [0.15, 0.2) is 42.7 Å². The summed E-state index contributed by atoms with van der Waals surface area (Å²) in [6.07, 6.45) is 7.73. The van der Waals surface area contributed by atoms with E-state index in [4.69, 9.17) is 9.47 Å². The number of likely N-dealkylation sites (tertiary alicyclic amines) is 1. The van der Waals surface area contributed by atoms with E-state index in [1.807, 2.05) is 41.6 Å². The Morgan fingerprint density at radius 2 is 2.00 bits per heavy atom. The molecule has 2 aromatic rings. The van der Waals surface area contributed by atoms with Gasteiger partial charge in [0.2, 0.25) is 6.79 Å². The van der Waals surface area contributed by atoms with Gasteiger partial charge >= 0.3 is 0 Å². The summed E-state index contributed by atoms with van der Waals surface area (Å²) in [6.45, 7) is 1.06. The van der Waals surface area contributed by atoms with Gasteiger partial charge in [-0.25, -0.2) is 0 Å². The number of fused-ring (bicyclic) bond motifs is 1. The fourth-order valence-corrected chi connectivity index (χ4v) is 3.48. The lowest BCUT2D eigenvalue weighted by atomic mass is 10.0. The third-order valence-corrected chi connectivity index (χ3v) is 4.77. The van der Waals surface area contributed by atoms with Gasteiger partial charge in [-0.1, -0.05) is 0 Å². The first-order valence-electron chi connectivity index (χ1n) is 8.41. The molecule has 1 aromatic heterocycles. The molecular formula is C19H20N2O3. The highest BCUT2D eigenvalue weighted by atomic mass is 16.7. The molecule has 0 aliphatic carbocycles. The number of pyridine rings is 1. The lowest BCUT2D eigenvalue weighted by Gasteiger charge is -2.25. The smallest absolute Gasteiger partial charge is 0.254 e. The van der Waals surface area contributed by atoms with Crippen molar-refractivity contribution in [2.24, 2.45) is 0 Å². The molecule has 124 valence electrons. The zero-order valence-electron chi connectivity index (χ0n) is 13.5. The van der Waals surface area contributed by atoms with Crippen molar-refractivity contribution in [1.82, 2.24) is 9.88 Å². The fraction of sp³-hybridized carbons (Fsp3) is 0.368. The first kappa shape index (κ1) is 15.0. The van der Waals surface area contributed by atoms with Gasteiger partial charge < -0.3 is 14.4 Å². The Morgan fingerprint density at radius 3 is 2.88 bits per heavy atom. The molecule has 1 atom stereocenters. The number of hydrogen-bond donors (Lipinski definition) is 0. The van der Waals surface area contributed by atoms with Crippen LogP contribution in [0.4, 0.5) is 0 Å². The Hall–Kier alpha value is -2.56. The van der Waals surface area contributed by atoms with Gasteiger partial charge in [-0.3, -0.25) is 9.78 Å². The molecule has 24 heavy (non-hydrogen) atoms. The van der Waals surface area contributed by atoms with Crippen LogP contribution >= 0.6 is 0 Å². The van der Waals surface area contributed by atoms with Gasteiger partial charge in [0.25, 0.3) is 5.91 Å². The maximum absolute atomic E-state index is 12.9. The summed E-state index contributed by atoms with van der Waals surface area (Å²) in [5.41, 5.74) is 1.95. The molecule has 0 spiro atoms. The summed E-state index contributed by atoms with van der Waals surface area (Å²) in [5.74, 6) is 1.46. The Labute approximate surface area is 141 Å². The molecule has 3 heterocycles. The molecule has 1 fully saturated rings. The van der Waals surface area contributed by atoms with E-state index in [9.17, 15) is 4.79 Å². The predicted molar refractivity (Wildman–Crippen MR) is 89.2 cm³/mol. The van der Waals surface area contributed by atoms with E-state index in [-0.39, 0.29) is 12.7 Å². The monoisotopic (exact) mass is 324 g/mol. The largest absolute Gasteiger partial charge is 0.454 e. The number of aromatic nitrogens is 1. The zero-order valence-corrected chi connectivity index (χ0v) is 13.5. The minimum absolute atomic E-state index is 0.0885. The van der Waals surface area contributed by atoms with Crippen LogP contribution in [0.3, 0.4) is 0 Å². The van der Waals surface area contributed by atoms with Crippen LogP contribution < -0.4 is 9.47 Å². The molecule has 0 unspecified atom stereocenters. The van der Waals surface area contributed by atoms with Crippen LogP contribution in [0.25, 0.3) is 0 Å². The van der Waals surface area contributed by atoms with Gasteiger partial charge in [0.1, 0.15) is 0 Å². The maximum Gasteiger partial charge on any atom is 0.254 e. The second-order valence-corrected chi connectivity index (χ2v) is 6.26. The normalized spacial score (nSPS) is 18.8. The summed E-state index contributed by atoms with van der Waals surface area (Å²) >= 11 is 0. The molecule has 5 heteroatoms. The number of carbonyl (C=O) groups is 1. The summed E-state index contributed by atoms with van der Waals surface area (Å²) < 4.78 is 10.7. The van der Waals surface area contributed by atoms with Gasteiger partial charge in [-0.15, -0.1) is 0 Å². The topological polar surface area (TPSA) is 51.7 Å². The highest BCUT2D eigenvalue weighted by Crippen LogP contribution is 2.33. The second kappa shape index (κ2) is 6.51. The summed E-state index contributed by atoms with van der Waals surface area (Å²) in [5, 5.41) is 0. The first-order valence-corrected chi connectivity index (χ1v) is 8.41. The summed E-state index contributed by atoms with van der Waals surface area (Å²) in [4.78, 5) is 19.0. The number of ether oxygens (including phenoxy) is 2. The van der Waals surface area contributed by atoms with Crippen molar-refractivity contribution in [2.75, 3.05) is 13.3 Å². The van der Waals surface area contributed by atoms with Crippen molar-refractivity contribution in [3.8, 4) is 11.5 Å². The van der Waals surface area contributed by atoms with Crippen molar-refractivity contribution >= 4 is 5.91 Å². The second-order valence-electron chi connectivity index (χ2n) is 6.26. The van der Waals surface area contributed by atoms with Gasteiger partial charge in [0.05, 0.1) is 0 Å². The average Bonchev–Trinajstić information content (AvgIpc) is 3.28. The molecule has 0 saturated carbocycles. The van der Waals surface area contributed by atoms with Crippen molar-refractivity contribution in [1.29, 1.82) is 0 Å². The molecule has 1 saturated heterocycles. The van der Waals surface area contributed by atoms with Crippen molar-refractivity contribution < 1.29 is 14.3 Å². The number of aryl methyl sites for hydroxylation is 1. The number of nitrogens with zero attached hydrogens (tertiary/aromatic N) is 2. The molecule has 1 amide bonds. The molecule has 0 radical (unpaired) electrons. The van der Waals surface area contributed by atoms with E-state index in [1.165, 1.54) is 5.56 Å². The van der Waals surface area contributed by atoms with Gasteiger partial charge in [0, 0.05) is 30.5 Å². The number of carbonyl (C=O) groups excluding carboxylic acids is 1. The highest BCUT2D eigenvalue weighted by Gasteiger charge is 2.30. The molecule has 1 aromatic carbocycles. The van der Waals surface area contributed by atoms with Crippen molar-refractivity contribution in [3.05, 3.63) is 53.9 Å². The van der Waals surface area contributed by atoms with E-state index >= 15 is 0 Å². The van der Waals surface area contributed by atoms with Crippen LogP contribution in [0.5, 0.6) is 11.5 Å². The summed E-state index contributed by atoms with van der Waals surface area (Å²) in [6, 6.07) is 9.82. The van der Waals surface area contributed by atoms with Crippen molar-refractivity contribution in [2.45, 2.75) is 31.7 Å². The molecule has 0 N–H and O–H groups in total. The lowest BCUT2D eigenvalue weighted by molar-refractivity contribution is 0.0730. The number of hydrogen-bond acceptors (Lipinski definition) is 4. The lowest BCUT2D eigenvalue weighted by Crippen LogP contribution is -2.35. The van der Waals surface area contributed by atoms with Crippen LogP contribution in [0.1, 0.15) is 35.2 Å². The maximum atomic E-state index is 12.9. The van der Waals surface area contributed by atoms with E-state index in [0.29, 0.717) is 23.1 Å². The minimum atomic E-state index is 0.0885. The van der Waals surface area contributed by atoms with E-state index in [0.717, 1.165) is 32.2 Å². The number of amides is 1. The number of rotatable bonds is 4. The molecule has 0 bridgehead atoms. The third-order valence-electron chi connectivity index (χ3n) is 4.77. The Bertz CT molecular complexity index is 733. The summed E-state index contributed by atoms with van der Waals surface area (Å²) in [7, 11) is 0. The fourth-order valence-electron chi connectivity index (χ4n) is 3.48. The molecule has 4 rings (SSSR count). The van der Waals surface area contributed by atoms with Crippen LogP contribution in [0.2, 0.25) is 0 Å². The Kier molecular flexibility index (Phi) is 4.07. The van der Waals surface area contributed by atoms with Crippen LogP contribution in [-0.2, 0) is 6.42 Å². The standard InChI is InChI=1S/C19H20N2O3/c22-19(15-4-6-17-18(12-15)24-13-23-17)21-11-1-2-16(21)5-3-14-7-9-20-10-8-14/h4,6-10,12,16H,1-3,5,11,13H2/t16-/m0/s1. The van der Waals surface area contributed by atoms with Crippen molar-refractivity contribution in [3.63, 3.8) is 0 Å². The quantitative estimate of drug-likeness (QED) is 0.867. The van der Waals surface area contributed by atoms with Gasteiger partial charge in [-0.2, -0.15) is 0 Å².